The predicted octanol–water partition coefficient (Wildman–Crippen LogP) is -0.209. The van der Waals surface area contributed by atoms with Crippen LogP contribution >= 0.6 is 0 Å². The molecule has 84 valence electrons. The van der Waals surface area contributed by atoms with Crippen LogP contribution in [0.4, 0.5) is 5.69 Å². The van der Waals surface area contributed by atoms with Crippen molar-refractivity contribution in [1.29, 1.82) is 0 Å². The Kier molecular flexibility index (Phi) is 3.87. The molecule has 0 aliphatic heterocycles. The molecular formula is C8H13N3O3S. The summed E-state index contributed by atoms with van der Waals surface area (Å²) < 4.78 is 29.8. The van der Waals surface area contributed by atoms with Crippen LogP contribution in [0.5, 0.6) is 5.88 Å². The van der Waals surface area contributed by atoms with E-state index in [2.05, 4.69) is 9.71 Å². The topological polar surface area (TPSA) is 94.3 Å². The maximum atomic E-state index is 11.3. The number of methoxy groups -OCH3 is 1. The number of hydrogen-bond acceptors (Lipinski definition) is 5. The molecule has 1 rings (SSSR count). The van der Waals surface area contributed by atoms with Crippen LogP contribution in [0.25, 0.3) is 0 Å². The van der Waals surface area contributed by atoms with Gasteiger partial charge in [0.25, 0.3) is 0 Å². The van der Waals surface area contributed by atoms with Gasteiger partial charge in [-0.25, -0.2) is 13.4 Å². The van der Waals surface area contributed by atoms with E-state index in [1.165, 1.54) is 13.3 Å². The van der Waals surface area contributed by atoms with E-state index >= 15 is 0 Å². The van der Waals surface area contributed by atoms with Crippen LogP contribution in [-0.2, 0) is 10.0 Å². The van der Waals surface area contributed by atoms with Gasteiger partial charge in [-0.05, 0) is 6.07 Å². The molecule has 0 saturated heterocycles. The third-order valence-electron chi connectivity index (χ3n) is 1.61. The van der Waals surface area contributed by atoms with Crippen LogP contribution in [0.15, 0.2) is 18.3 Å². The lowest BCUT2D eigenvalue weighted by atomic mass is 10.4. The number of aromatic nitrogens is 1. The van der Waals surface area contributed by atoms with Crippen molar-refractivity contribution in [2.24, 2.45) is 5.73 Å². The van der Waals surface area contributed by atoms with Gasteiger partial charge in [0, 0.05) is 12.6 Å². The number of ether oxygens (including phenoxy) is 1. The summed E-state index contributed by atoms with van der Waals surface area (Å²) in [7, 11) is -1.87. The van der Waals surface area contributed by atoms with Crippen LogP contribution in [0.1, 0.15) is 0 Å². The van der Waals surface area contributed by atoms with Gasteiger partial charge < -0.3 is 10.5 Å². The third kappa shape index (κ3) is 3.72. The Balaban J connectivity index is 2.73. The Morgan fingerprint density at radius 3 is 2.73 bits per heavy atom. The van der Waals surface area contributed by atoms with Crippen molar-refractivity contribution in [1.82, 2.24) is 4.98 Å². The smallest absolute Gasteiger partial charge is 0.234 e. The van der Waals surface area contributed by atoms with E-state index in [0.717, 1.165) is 0 Å². The monoisotopic (exact) mass is 231 g/mol. The van der Waals surface area contributed by atoms with Gasteiger partial charge in [-0.2, -0.15) is 0 Å². The number of hydrogen-bond donors (Lipinski definition) is 2. The molecule has 0 fully saturated rings. The van der Waals surface area contributed by atoms with E-state index in [0.29, 0.717) is 11.6 Å². The van der Waals surface area contributed by atoms with Crippen LogP contribution in [0, 0.1) is 0 Å². The lowest BCUT2D eigenvalue weighted by Gasteiger charge is -2.06. The number of nitrogens with one attached hydrogen (secondary N) is 1. The highest BCUT2D eigenvalue weighted by atomic mass is 32.2. The standard InChI is InChI=1S/C8H13N3O3S/c1-14-8-3-2-7(6-10-8)11-15(12,13)5-4-9/h2-3,6,11H,4-5,9H2,1H3. The van der Waals surface area contributed by atoms with Crippen molar-refractivity contribution < 1.29 is 13.2 Å². The van der Waals surface area contributed by atoms with Crippen molar-refractivity contribution in [2.45, 2.75) is 0 Å². The molecule has 0 bridgehead atoms. The molecule has 0 aliphatic rings. The second-order valence-corrected chi connectivity index (χ2v) is 4.64. The maximum absolute atomic E-state index is 11.3. The first-order valence-electron chi connectivity index (χ1n) is 4.28. The van der Waals surface area contributed by atoms with E-state index in [9.17, 15) is 8.42 Å². The molecule has 0 amide bonds. The minimum absolute atomic E-state index is 0.0823. The first kappa shape index (κ1) is 11.7. The van der Waals surface area contributed by atoms with E-state index in [-0.39, 0.29) is 12.3 Å². The molecule has 1 heterocycles. The molecule has 0 aromatic carbocycles. The SMILES string of the molecule is COc1ccc(NS(=O)(=O)CCN)cn1. The summed E-state index contributed by atoms with van der Waals surface area (Å²) in [5.74, 6) is 0.315. The second kappa shape index (κ2) is 4.94. The molecule has 1 aromatic rings. The van der Waals surface area contributed by atoms with Crippen molar-refractivity contribution in [2.75, 3.05) is 24.1 Å². The number of sulfonamides is 1. The number of nitrogens with zero attached hydrogens (tertiary/aromatic N) is 1. The molecule has 3 N–H and O–H groups in total. The largest absolute Gasteiger partial charge is 0.481 e. The van der Waals surface area contributed by atoms with E-state index < -0.39 is 10.0 Å². The number of pyridine rings is 1. The van der Waals surface area contributed by atoms with Crippen LogP contribution in [0.3, 0.4) is 0 Å². The molecule has 15 heavy (non-hydrogen) atoms. The van der Waals surface area contributed by atoms with Crippen molar-refractivity contribution >= 4 is 15.7 Å². The third-order valence-corrected chi connectivity index (χ3v) is 2.93. The first-order valence-corrected chi connectivity index (χ1v) is 5.93. The predicted molar refractivity (Wildman–Crippen MR) is 57.3 cm³/mol. The second-order valence-electron chi connectivity index (χ2n) is 2.80. The van der Waals surface area contributed by atoms with Gasteiger partial charge in [-0.3, -0.25) is 4.72 Å². The van der Waals surface area contributed by atoms with Gasteiger partial charge in [0.05, 0.1) is 24.7 Å². The highest BCUT2D eigenvalue weighted by Gasteiger charge is 2.08. The number of rotatable bonds is 5. The normalized spacial score (nSPS) is 11.1. The van der Waals surface area contributed by atoms with Crippen molar-refractivity contribution in [3.63, 3.8) is 0 Å². The zero-order valence-corrected chi connectivity index (χ0v) is 9.12. The summed E-state index contributed by atoms with van der Waals surface area (Å²) in [5, 5.41) is 0. The summed E-state index contributed by atoms with van der Waals surface area (Å²) in [4.78, 5) is 3.86. The summed E-state index contributed by atoms with van der Waals surface area (Å²) in [6.07, 6.45) is 1.38. The molecule has 0 unspecified atom stereocenters. The van der Waals surface area contributed by atoms with E-state index in [1.54, 1.807) is 12.1 Å². The number of anilines is 1. The van der Waals surface area contributed by atoms with Gasteiger partial charge in [-0.1, -0.05) is 0 Å². The Labute approximate surface area is 88.5 Å². The minimum Gasteiger partial charge on any atom is -0.481 e. The summed E-state index contributed by atoms with van der Waals surface area (Å²) in [5.41, 5.74) is 5.55. The Morgan fingerprint density at radius 1 is 1.53 bits per heavy atom. The summed E-state index contributed by atoms with van der Waals surface area (Å²) in [6, 6.07) is 3.14. The maximum Gasteiger partial charge on any atom is 0.234 e. The summed E-state index contributed by atoms with van der Waals surface area (Å²) >= 11 is 0. The van der Waals surface area contributed by atoms with Crippen LogP contribution in [-0.4, -0.2) is 32.8 Å². The van der Waals surface area contributed by atoms with Crippen LogP contribution in [0.2, 0.25) is 0 Å². The van der Waals surface area contributed by atoms with Gasteiger partial charge in [0.15, 0.2) is 0 Å². The van der Waals surface area contributed by atoms with E-state index in [1.807, 2.05) is 0 Å². The van der Waals surface area contributed by atoms with Gasteiger partial charge in [-0.15, -0.1) is 0 Å². The fraction of sp³-hybridized carbons (Fsp3) is 0.375. The Morgan fingerprint density at radius 2 is 2.27 bits per heavy atom. The number of nitrogens with two attached hydrogens (primary N) is 1. The molecule has 0 saturated carbocycles. The molecule has 0 radical (unpaired) electrons. The lowest BCUT2D eigenvalue weighted by Crippen LogP contribution is -2.22. The quantitative estimate of drug-likeness (QED) is 0.731. The zero-order chi connectivity index (χ0) is 11.3. The Bertz CT molecular complexity index is 402. The molecule has 6 nitrogen and oxygen atoms in total. The summed E-state index contributed by atoms with van der Waals surface area (Å²) in [6.45, 7) is 0.0823. The van der Waals surface area contributed by atoms with Gasteiger partial charge >= 0.3 is 0 Å². The molecule has 0 atom stereocenters. The lowest BCUT2D eigenvalue weighted by molar-refractivity contribution is 0.398. The fourth-order valence-corrected chi connectivity index (χ4v) is 1.84. The Hall–Kier alpha value is -1.34. The molecular weight excluding hydrogens is 218 g/mol. The molecule has 1 aromatic heterocycles. The fourth-order valence-electron chi connectivity index (χ4n) is 0.947. The first-order chi connectivity index (χ1) is 7.07. The molecule has 0 spiro atoms. The van der Waals surface area contributed by atoms with Crippen molar-refractivity contribution in [3.05, 3.63) is 18.3 Å². The highest BCUT2D eigenvalue weighted by molar-refractivity contribution is 7.92. The average Bonchev–Trinajstić information content (AvgIpc) is 2.18. The zero-order valence-electron chi connectivity index (χ0n) is 8.30. The minimum atomic E-state index is -3.36. The van der Waals surface area contributed by atoms with Crippen LogP contribution < -0.4 is 15.2 Å². The van der Waals surface area contributed by atoms with Gasteiger partial charge in [0.2, 0.25) is 15.9 Å². The van der Waals surface area contributed by atoms with Crippen molar-refractivity contribution in [3.8, 4) is 5.88 Å². The molecule has 0 aliphatic carbocycles. The van der Waals surface area contributed by atoms with E-state index in [4.69, 9.17) is 10.5 Å². The molecule has 7 heteroatoms. The van der Waals surface area contributed by atoms with Gasteiger partial charge in [0.1, 0.15) is 0 Å². The highest BCUT2D eigenvalue weighted by Crippen LogP contribution is 2.12. The average molecular weight is 231 g/mol.